The maximum atomic E-state index is 12.3. The zero-order valence-electron chi connectivity index (χ0n) is 15.4. The summed E-state index contributed by atoms with van der Waals surface area (Å²) in [4.78, 5) is 14.7. The van der Waals surface area contributed by atoms with Gasteiger partial charge in [0.25, 0.3) is 5.91 Å². The second-order valence-corrected chi connectivity index (χ2v) is 6.42. The van der Waals surface area contributed by atoms with Gasteiger partial charge in [-0.25, -0.2) is 0 Å². The van der Waals surface area contributed by atoms with Crippen LogP contribution in [0.1, 0.15) is 28.8 Å². The first-order valence-electron chi connectivity index (χ1n) is 8.75. The number of carbonyl (C=O) groups is 1. The van der Waals surface area contributed by atoms with Crippen molar-refractivity contribution < 1.29 is 9.53 Å². The normalized spacial score (nSPS) is 13.4. The minimum Gasteiger partial charge on any atom is -0.492 e. The van der Waals surface area contributed by atoms with Gasteiger partial charge in [0.15, 0.2) is 0 Å². The lowest BCUT2D eigenvalue weighted by Crippen LogP contribution is -2.25. The summed E-state index contributed by atoms with van der Waals surface area (Å²) in [6.45, 7) is 5.99. The van der Waals surface area contributed by atoms with Crippen molar-refractivity contribution in [2.45, 2.75) is 19.8 Å². The number of para-hydroxylation sites is 1. The predicted molar refractivity (Wildman–Crippen MR) is 116 cm³/mol. The molecule has 1 fully saturated rings. The number of nitrogen functional groups attached to an aromatic ring is 1. The number of carbonyl (C=O) groups excluding carboxylic acids is 1. The fraction of sp³-hybridized carbons (Fsp3) is 0.350. The van der Waals surface area contributed by atoms with Crippen LogP contribution in [-0.4, -0.2) is 37.0 Å². The Labute approximate surface area is 173 Å². The first kappa shape index (κ1) is 23.1. The summed E-state index contributed by atoms with van der Waals surface area (Å²) in [5, 5.41) is 2.89. The Balaban J connectivity index is 0.00000182. The molecule has 1 saturated heterocycles. The minimum atomic E-state index is -0.208. The zero-order valence-corrected chi connectivity index (χ0v) is 17.1. The van der Waals surface area contributed by atoms with Crippen LogP contribution in [0.2, 0.25) is 0 Å². The maximum Gasteiger partial charge on any atom is 0.257 e. The zero-order chi connectivity index (χ0) is 17.6. The number of nitrogens with one attached hydrogen (secondary N) is 1. The Morgan fingerprint density at radius 2 is 1.85 bits per heavy atom. The van der Waals surface area contributed by atoms with E-state index in [-0.39, 0.29) is 30.7 Å². The molecule has 7 heteroatoms. The van der Waals surface area contributed by atoms with Crippen molar-refractivity contribution >= 4 is 42.1 Å². The number of hydrogen-bond donors (Lipinski definition) is 2. The molecule has 1 amide bonds. The lowest BCUT2D eigenvalue weighted by Gasteiger charge is -2.16. The Kier molecular flexibility index (Phi) is 9.43. The van der Waals surface area contributed by atoms with Gasteiger partial charge < -0.3 is 15.8 Å². The number of ether oxygens (including phenoxy) is 1. The van der Waals surface area contributed by atoms with E-state index in [1.807, 2.05) is 31.2 Å². The van der Waals surface area contributed by atoms with Gasteiger partial charge in [0.2, 0.25) is 0 Å². The number of rotatable bonds is 6. The van der Waals surface area contributed by atoms with E-state index in [4.69, 9.17) is 10.5 Å². The van der Waals surface area contributed by atoms with Crippen molar-refractivity contribution in [1.82, 2.24) is 4.90 Å². The van der Waals surface area contributed by atoms with Crippen molar-refractivity contribution in [3.8, 4) is 5.75 Å². The van der Waals surface area contributed by atoms with Crippen molar-refractivity contribution in [3.05, 3.63) is 53.6 Å². The number of halogens is 2. The smallest absolute Gasteiger partial charge is 0.257 e. The Morgan fingerprint density at radius 3 is 2.52 bits per heavy atom. The van der Waals surface area contributed by atoms with Crippen molar-refractivity contribution in [3.63, 3.8) is 0 Å². The molecule has 0 aromatic heterocycles. The average molecular weight is 412 g/mol. The number of likely N-dealkylation sites (tertiary alicyclic amines) is 1. The fourth-order valence-corrected chi connectivity index (χ4v) is 3.08. The van der Waals surface area contributed by atoms with Crippen molar-refractivity contribution in [1.29, 1.82) is 0 Å². The number of anilines is 2. The number of nitrogens with two attached hydrogens (primary N) is 1. The molecule has 0 saturated carbocycles. The first-order chi connectivity index (χ1) is 12.1. The highest BCUT2D eigenvalue weighted by Crippen LogP contribution is 2.23. The van der Waals surface area contributed by atoms with Gasteiger partial charge in [0.1, 0.15) is 12.4 Å². The molecule has 5 nitrogen and oxygen atoms in total. The van der Waals surface area contributed by atoms with Crippen molar-refractivity contribution in [2.75, 3.05) is 37.3 Å². The molecule has 148 valence electrons. The van der Waals surface area contributed by atoms with E-state index in [9.17, 15) is 4.79 Å². The van der Waals surface area contributed by atoms with Crippen LogP contribution in [0.4, 0.5) is 11.4 Å². The third-order valence-corrected chi connectivity index (χ3v) is 4.50. The summed E-state index contributed by atoms with van der Waals surface area (Å²) in [5.41, 5.74) is 8.53. The predicted octanol–water partition coefficient (Wildman–Crippen LogP) is 4.15. The Bertz CT molecular complexity index is 750. The van der Waals surface area contributed by atoms with Crippen LogP contribution in [0.5, 0.6) is 5.75 Å². The SMILES string of the molecule is Cc1cc(NC(=O)c2ccccc2N)ccc1OCCN1CCCC1.Cl.Cl. The van der Waals surface area contributed by atoms with Crippen LogP contribution in [0.3, 0.4) is 0 Å². The Morgan fingerprint density at radius 1 is 1.15 bits per heavy atom. The molecule has 1 aliphatic rings. The van der Waals surface area contributed by atoms with Crippen molar-refractivity contribution in [2.24, 2.45) is 0 Å². The van der Waals surface area contributed by atoms with Gasteiger partial charge in [-0.05, 0) is 68.8 Å². The largest absolute Gasteiger partial charge is 0.492 e. The Hall–Kier alpha value is -1.95. The molecule has 2 aromatic carbocycles. The van der Waals surface area contributed by atoms with E-state index < -0.39 is 0 Å². The van der Waals surface area contributed by atoms with Crippen LogP contribution < -0.4 is 15.8 Å². The van der Waals surface area contributed by atoms with Gasteiger partial charge in [0, 0.05) is 17.9 Å². The molecule has 0 bridgehead atoms. The molecular formula is C20H27Cl2N3O2. The summed E-state index contributed by atoms with van der Waals surface area (Å²) in [7, 11) is 0. The maximum absolute atomic E-state index is 12.3. The monoisotopic (exact) mass is 411 g/mol. The molecule has 2 aromatic rings. The van der Waals surface area contributed by atoms with E-state index in [1.54, 1.807) is 18.2 Å². The van der Waals surface area contributed by atoms with Gasteiger partial charge in [-0.3, -0.25) is 9.69 Å². The number of hydrogen-bond acceptors (Lipinski definition) is 4. The minimum absolute atomic E-state index is 0. The summed E-state index contributed by atoms with van der Waals surface area (Å²) in [6.07, 6.45) is 2.58. The topological polar surface area (TPSA) is 67.6 Å². The quantitative estimate of drug-likeness (QED) is 0.700. The highest BCUT2D eigenvalue weighted by molar-refractivity contribution is 6.07. The second kappa shape index (κ2) is 11.0. The molecule has 0 radical (unpaired) electrons. The number of nitrogens with zero attached hydrogens (tertiary/aromatic N) is 1. The summed E-state index contributed by atoms with van der Waals surface area (Å²) in [5.74, 6) is 0.650. The molecule has 0 atom stereocenters. The molecule has 1 aliphatic heterocycles. The highest BCUT2D eigenvalue weighted by Gasteiger charge is 2.12. The van der Waals surface area contributed by atoms with E-state index in [0.29, 0.717) is 17.9 Å². The van der Waals surface area contributed by atoms with Gasteiger partial charge in [-0.1, -0.05) is 12.1 Å². The molecule has 0 spiro atoms. The molecule has 0 unspecified atom stereocenters. The third kappa shape index (κ3) is 6.31. The van der Waals surface area contributed by atoms with E-state index >= 15 is 0 Å². The second-order valence-electron chi connectivity index (χ2n) is 6.42. The van der Waals surface area contributed by atoms with Crippen LogP contribution in [0, 0.1) is 6.92 Å². The molecule has 3 rings (SSSR count). The van der Waals surface area contributed by atoms with Crippen LogP contribution in [0.15, 0.2) is 42.5 Å². The molecule has 0 aliphatic carbocycles. The molecule has 27 heavy (non-hydrogen) atoms. The molecular weight excluding hydrogens is 385 g/mol. The standard InChI is InChI=1S/C20H25N3O2.2ClH/c1-15-14-16(22-20(24)17-6-2-3-7-18(17)21)8-9-19(15)25-13-12-23-10-4-5-11-23;;/h2-3,6-9,14H,4-5,10-13,21H2,1H3,(H,22,24);2*1H. The van der Waals surface area contributed by atoms with E-state index in [0.717, 1.165) is 23.5 Å². The van der Waals surface area contributed by atoms with Crippen LogP contribution >= 0.6 is 24.8 Å². The first-order valence-corrected chi connectivity index (χ1v) is 8.75. The van der Waals surface area contributed by atoms with Gasteiger partial charge >= 0.3 is 0 Å². The summed E-state index contributed by atoms with van der Waals surface area (Å²) < 4.78 is 5.89. The van der Waals surface area contributed by atoms with E-state index in [2.05, 4.69) is 10.2 Å². The van der Waals surface area contributed by atoms with Crippen LogP contribution in [0.25, 0.3) is 0 Å². The lowest BCUT2D eigenvalue weighted by atomic mass is 10.1. The summed E-state index contributed by atoms with van der Waals surface area (Å²) in [6, 6.07) is 12.7. The average Bonchev–Trinajstić information content (AvgIpc) is 3.10. The summed E-state index contributed by atoms with van der Waals surface area (Å²) >= 11 is 0. The van der Waals surface area contributed by atoms with Gasteiger partial charge in [0.05, 0.1) is 5.56 Å². The third-order valence-electron chi connectivity index (χ3n) is 4.50. The number of benzene rings is 2. The molecule has 3 N–H and O–H groups in total. The van der Waals surface area contributed by atoms with Crippen LogP contribution in [-0.2, 0) is 0 Å². The van der Waals surface area contributed by atoms with Gasteiger partial charge in [-0.2, -0.15) is 0 Å². The van der Waals surface area contributed by atoms with Gasteiger partial charge in [-0.15, -0.1) is 24.8 Å². The number of aryl methyl sites for hydroxylation is 1. The van der Waals surface area contributed by atoms with E-state index in [1.165, 1.54) is 25.9 Å². The fourth-order valence-electron chi connectivity index (χ4n) is 3.08. The highest BCUT2D eigenvalue weighted by atomic mass is 35.5. The number of amides is 1. The lowest BCUT2D eigenvalue weighted by molar-refractivity contribution is 0.102. The molecule has 1 heterocycles.